The van der Waals surface area contributed by atoms with Gasteiger partial charge in [-0.1, -0.05) is 17.7 Å². The molecule has 0 saturated carbocycles. The van der Waals surface area contributed by atoms with Gasteiger partial charge in [0.25, 0.3) is 0 Å². The molecule has 0 amide bonds. The molecule has 22 heavy (non-hydrogen) atoms. The Kier molecular flexibility index (Phi) is 4.95. The van der Waals surface area contributed by atoms with Crippen LogP contribution in [0.1, 0.15) is 5.56 Å². The first-order valence-corrected chi connectivity index (χ1v) is 5.62. The van der Waals surface area contributed by atoms with E-state index in [-0.39, 0.29) is 0 Å². The zero-order valence-corrected chi connectivity index (χ0v) is 10.9. The Labute approximate surface area is 122 Å². The second-order valence-corrected chi connectivity index (χ2v) is 4.33. The number of carbonyl (C=O) groups excluding carboxylic acids is 1. The molecule has 124 valence electrons. The highest BCUT2D eigenvalue weighted by molar-refractivity contribution is 6.31. The van der Waals surface area contributed by atoms with E-state index in [1.165, 1.54) is 0 Å². The van der Waals surface area contributed by atoms with Crippen molar-refractivity contribution in [2.75, 3.05) is 0 Å². The molecular formula is C11H5ClF8O2. The third-order valence-corrected chi connectivity index (χ3v) is 2.77. The van der Waals surface area contributed by atoms with Crippen molar-refractivity contribution in [3.63, 3.8) is 0 Å². The first-order valence-electron chi connectivity index (χ1n) is 5.25. The molecule has 0 N–H and O–H groups in total. The molecule has 0 bridgehead atoms. The normalized spacial score (nSPS) is 13.1. The van der Waals surface area contributed by atoms with Gasteiger partial charge in [0.15, 0.2) is 0 Å². The number of esters is 1. The standard InChI is InChI=1S/C11H5ClF8O2/c12-6-2-1-3-7(13)5(6)4-22-8(21)9(14,15)10(16,17)11(18,19)20/h1-3H,4H2. The molecule has 0 heterocycles. The fraction of sp³-hybridized carbons (Fsp3) is 0.364. The summed E-state index contributed by atoms with van der Waals surface area (Å²) in [6.45, 7) is -1.34. The van der Waals surface area contributed by atoms with Gasteiger partial charge in [0, 0.05) is 5.56 Å². The maximum absolute atomic E-state index is 13.2. The van der Waals surface area contributed by atoms with Gasteiger partial charge >= 0.3 is 24.0 Å². The molecule has 0 atom stereocenters. The minimum Gasteiger partial charge on any atom is -0.456 e. The highest BCUT2D eigenvalue weighted by Crippen LogP contribution is 2.47. The molecule has 1 aromatic carbocycles. The highest BCUT2D eigenvalue weighted by Gasteiger charge is 2.77. The molecule has 0 spiro atoms. The van der Waals surface area contributed by atoms with Crippen molar-refractivity contribution in [1.82, 2.24) is 0 Å². The fourth-order valence-corrected chi connectivity index (χ4v) is 1.42. The first kappa shape index (κ1) is 18.5. The van der Waals surface area contributed by atoms with Crippen LogP contribution in [0.2, 0.25) is 5.02 Å². The Morgan fingerprint density at radius 1 is 1.09 bits per heavy atom. The van der Waals surface area contributed by atoms with Crippen molar-refractivity contribution >= 4 is 17.6 Å². The number of rotatable bonds is 4. The van der Waals surface area contributed by atoms with E-state index >= 15 is 0 Å². The summed E-state index contributed by atoms with van der Waals surface area (Å²) in [5.74, 6) is -17.1. The Morgan fingerprint density at radius 3 is 2.09 bits per heavy atom. The van der Waals surface area contributed by atoms with Crippen molar-refractivity contribution in [1.29, 1.82) is 0 Å². The number of hydrogen-bond acceptors (Lipinski definition) is 2. The molecule has 0 fully saturated rings. The zero-order chi connectivity index (χ0) is 17.3. The maximum atomic E-state index is 13.2. The average Bonchev–Trinajstić information content (AvgIpc) is 2.36. The smallest absolute Gasteiger partial charge is 0.456 e. The van der Waals surface area contributed by atoms with E-state index in [0.717, 1.165) is 18.2 Å². The van der Waals surface area contributed by atoms with Crippen LogP contribution in [0.3, 0.4) is 0 Å². The predicted octanol–water partition coefficient (Wildman–Crippen LogP) is 4.36. The molecule has 1 rings (SSSR count). The third kappa shape index (κ3) is 3.26. The first-order chi connectivity index (χ1) is 9.82. The summed E-state index contributed by atoms with van der Waals surface area (Å²) >= 11 is 5.44. The van der Waals surface area contributed by atoms with Gasteiger partial charge in [-0.25, -0.2) is 9.18 Å². The molecule has 0 unspecified atom stereocenters. The molecule has 2 nitrogen and oxygen atoms in total. The van der Waals surface area contributed by atoms with Gasteiger partial charge in [-0.05, 0) is 12.1 Å². The van der Waals surface area contributed by atoms with E-state index in [0.29, 0.717) is 0 Å². The fourth-order valence-electron chi connectivity index (χ4n) is 1.20. The van der Waals surface area contributed by atoms with Crippen LogP contribution >= 0.6 is 11.6 Å². The lowest BCUT2D eigenvalue weighted by molar-refractivity contribution is -0.348. The van der Waals surface area contributed by atoms with E-state index in [4.69, 9.17) is 11.6 Å². The SMILES string of the molecule is O=C(OCc1c(F)cccc1Cl)C(F)(F)C(F)(F)C(F)(F)F. The molecule has 0 aliphatic heterocycles. The Bertz CT molecular complexity index is 549. The van der Waals surface area contributed by atoms with Crippen LogP contribution in [0.15, 0.2) is 18.2 Å². The number of benzene rings is 1. The van der Waals surface area contributed by atoms with Gasteiger partial charge in [0.1, 0.15) is 12.4 Å². The van der Waals surface area contributed by atoms with Crippen LogP contribution in [-0.2, 0) is 16.1 Å². The highest BCUT2D eigenvalue weighted by atomic mass is 35.5. The minimum absolute atomic E-state index is 0.390. The van der Waals surface area contributed by atoms with Crippen molar-refractivity contribution in [2.24, 2.45) is 0 Å². The van der Waals surface area contributed by atoms with Gasteiger partial charge in [0.2, 0.25) is 0 Å². The molecule has 0 radical (unpaired) electrons. The van der Waals surface area contributed by atoms with Gasteiger partial charge < -0.3 is 4.74 Å². The minimum atomic E-state index is -6.68. The van der Waals surface area contributed by atoms with Crippen LogP contribution < -0.4 is 0 Å². The number of ether oxygens (including phenoxy) is 1. The van der Waals surface area contributed by atoms with E-state index < -0.39 is 47.0 Å². The van der Waals surface area contributed by atoms with E-state index in [9.17, 15) is 39.9 Å². The van der Waals surface area contributed by atoms with Gasteiger partial charge in [0.05, 0.1) is 5.02 Å². The Balaban J connectivity index is 2.94. The molecular weight excluding hydrogens is 352 g/mol. The summed E-state index contributed by atoms with van der Waals surface area (Å²) in [4.78, 5) is 10.8. The number of carbonyl (C=O) groups is 1. The summed E-state index contributed by atoms with van der Waals surface area (Å²) in [7, 11) is 0. The molecule has 0 saturated heterocycles. The largest absolute Gasteiger partial charge is 0.460 e. The van der Waals surface area contributed by atoms with Crippen LogP contribution in [0.5, 0.6) is 0 Å². The Hall–Kier alpha value is -1.58. The third-order valence-electron chi connectivity index (χ3n) is 2.42. The number of hydrogen-bond donors (Lipinski definition) is 0. The van der Waals surface area contributed by atoms with Crippen molar-refractivity contribution < 1.29 is 44.7 Å². The molecule has 0 aliphatic rings. The van der Waals surface area contributed by atoms with Gasteiger partial charge in [-0.3, -0.25) is 0 Å². The second kappa shape index (κ2) is 5.90. The summed E-state index contributed by atoms with van der Waals surface area (Å²) in [5, 5.41) is -0.390. The quantitative estimate of drug-likeness (QED) is 0.592. The topological polar surface area (TPSA) is 26.3 Å². The second-order valence-electron chi connectivity index (χ2n) is 3.92. The van der Waals surface area contributed by atoms with E-state index in [2.05, 4.69) is 4.74 Å². The van der Waals surface area contributed by atoms with Crippen molar-refractivity contribution in [2.45, 2.75) is 24.6 Å². The molecule has 1 aromatic rings. The maximum Gasteiger partial charge on any atom is 0.460 e. The van der Waals surface area contributed by atoms with Crippen LogP contribution in [0, 0.1) is 5.82 Å². The molecule has 0 aliphatic carbocycles. The van der Waals surface area contributed by atoms with Crippen molar-refractivity contribution in [3.05, 3.63) is 34.6 Å². The summed E-state index contributed by atoms with van der Waals surface area (Å²) in [6.07, 6.45) is -6.68. The van der Waals surface area contributed by atoms with Gasteiger partial charge in [-0.2, -0.15) is 30.7 Å². The van der Waals surface area contributed by atoms with Crippen molar-refractivity contribution in [3.8, 4) is 0 Å². The number of alkyl halides is 7. The average molecular weight is 357 g/mol. The summed E-state index contributed by atoms with van der Waals surface area (Å²) in [5.41, 5.74) is -0.649. The summed E-state index contributed by atoms with van der Waals surface area (Å²) < 4.78 is 103. The monoisotopic (exact) mass is 356 g/mol. The predicted molar refractivity (Wildman–Crippen MR) is 57.2 cm³/mol. The lowest BCUT2D eigenvalue weighted by atomic mass is 10.1. The zero-order valence-electron chi connectivity index (χ0n) is 10.2. The number of halogens is 9. The van der Waals surface area contributed by atoms with Crippen LogP contribution in [0.4, 0.5) is 35.1 Å². The van der Waals surface area contributed by atoms with Crippen LogP contribution in [-0.4, -0.2) is 24.0 Å². The lowest BCUT2D eigenvalue weighted by Crippen LogP contribution is -2.56. The molecule has 11 heteroatoms. The van der Waals surface area contributed by atoms with Crippen LogP contribution in [0.25, 0.3) is 0 Å². The summed E-state index contributed by atoms with van der Waals surface area (Å²) in [6, 6.07) is 2.96. The lowest BCUT2D eigenvalue weighted by Gasteiger charge is -2.26. The Morgan fingerprint density at radius 2 is 1.64 bits per heavy atom. The molecule has 0 aromatic heterocycles. The van der Waals surface area contributed by atoms with E-state index in [1.807, 2.05) is 0 Å². The van der Waals surface area contributed by atoms with Gasteiger partial charge in [-0.15, -0.1) is 0 Å². The van der Waals surface area contributed by atoms with E-state index in [1.54, 1.807) is 0 Å².